The summed E-state index contributed by atoms with van der Waals surface area (Å²) in [6, 6.07) is 7.60. The highest BCUT2D eigenvalue weighted by Gasteiger charge is 2.32. The Labute approximate surface area is 251 Å². The molecular formula is C29H34N6O9. The van der Waals surface area contributed by atoms with E-state index in [9.17, 15) is 39.0 Å². The highest BCUT2D eigenvalue weighted by molar-refractivity contribution is 5.95. The van der Waals surface area contributed by atoms with E-state index in [1.54, 1.807) is 24.4 Å². The number of aromatic hydroxyl groups is 1. The normalized spacial score (nSPS) is 13.7. The molecule has 4 atom stereocenters. The highest BCUT2D eigenvalue weighted by Crippen LogP contribution is 2.19. The van der Waals surface area contributed by atoms with Crippen LogP contribution in [0, 0.1) is 0 Å². The van der Waals surface area contributed by atoms with Crippen molar-refractivity contribution in [1.29, 1.82) is 0 Å². The van der Waals surface area contributed by atoms with Crippen LogP contribution in [0.5, 0.6) is 5.75 Å². The number of benzene rings is 2. The number of primary amides is 1. The van der Waals surface area contributed by atoms with E-state index in [0.29, 0.717) is 11.1 Å². The Kier molecular flexibility index (Phi) is 11.4. The molecule has 1 aromatic heterocycles. The molecule has 0 aliphatic heterocycles. The molecule has 0 bridgehead atoms. The highest BCUT2D eigenvalue weighted by atomic mass is 16.4. The van der Waals surface area contributed by atoms with Crippen LogP contribution in [0.15, 0.2) is 54.7 Å². The number of hydrogen-bond acceptors (Lipinski definition) is 8. The number of aromatic amines is 1. The van der Waals surface area contributed by atoms with Crippen molar-refractivity contribution in [2.45, 2.75) is 56.3 Å². The van der Waals surface area contributed by atoms with Crippen LogP contribution in [0.25, 0.3) is 10.9 Å². The zero-order valence-electron chi connectivity index (χ0n) is 23.5. The summed E-state index contributed by atoms with van der Waals surface area (Å²) >= 11 is 0. The molecule has 3 aromatic rings. The van der Waals surface area contributed by atoms with Gasteiger partial charge in [0, 0.05) is 29.9 Å². The van der Waals surface area contributed by atoms with Gasteiger partial charge in [-0.1, -0.05) is 30.3 Å². The second kappa shape index (κ2) is 15.2. The molecule has 44 heavy (non-hydrogen) atoms. The Morgan fingerprint density at radius 1 is 0.795 bits per heavy atom. The molecule has 0 aliphatic carbocycles. The zero-order chi connectivity index (χ0) is 32.4. The second-order valence-corrected chi connectivity index (χ2v) is 10.2. The minimum atomic E-state index is -1.81. The third-order valence-electron chi connectivity index (χ3n) is 6.77. The number of phenols is 1. The number of nitrogens with two attached hydrogens (primary N) is 2. The first-order valence-electron chi connectivity index (χ1n) is 13.6. The molecule has 0 saturated heterocycles. The van der Waals surface area contributed by atoms with Gasteiger partial charge < -0.3 is 47.7 Å². The van der Waals surface area contributed by atoms with Gasteiger partial charge >= 0.3 is 11.9 Å². The lowest BCUT2D eigenvalue weighted by Crippen LogP contribution is -2.58. The summed E-state index contributed by atoms with van der Waals surface area (Å²) in [5.41, 5.74) is 13.4. The Morgan fingerprint density at radius 2 is 1.41 bits per heavy atom. The first-order chi connectivity index (χ1) is 20.8. The Morgan fingerprint density at radius 3 is 2.05 bits per heavy atom. The molecule has 0 aliphatic rings. The molecule has 15 heteroatoms. The van der Waals surface area contributed by atoms with Crippen LogP contribution in [0.4, 0.5) is 0 Å². The summed E-state index contributed by atoms with van der Waals surface area (Å²) in [5.74, 6) is -6.47. The molecule has 234 valence electrons. The van der Waals surface area contributed by atoms with Crippen molar-refractivity contribution in [3.8, 4) is 5.75 Å². The number of nitrogens with one attached hydrogen (secondary N) is 4. The number of fused-ring (bicyclic) bond motifs is 1. The fraction of sp³-hybridized carbons (Fsp3) is 0.310. The molecule has 4 amide bonds. The van der Waals surface area contributed by atoms with Crippen molar-refractivity contribution in [3.63, 3.8) is 0 Å². The van der Waals surface area contributed by atoms with Gasteiger partial charge in [-0.15, -0.1) is 0 Å². The first-order valence-corrected chi connectivity index (χ1v) is 13.6. The molecule has 15 nitrogen and oxygen atoms in total. The average Bonchev–Trinajstić information content (AvgIpc) is 3.37. The Bertz CT molecular complexity index is 1520. The number of H-pyrrole nitrogens is 1. The van der Waals surface area contributed by atoms with Crippen molar-refractivity contribution < 1.29 is 44.1 Å². The van der Waals surface area contributed by atoms with Crippen molar-refractivity contribution in [2.75, 3.05) is 0 Å². The summed E-state index contributed by atoms with van der Waals surface area (Å²) < 4.78 is 0. The number of aliphatic carboxylic acids is 2. The van der Waals surface area contributed by atoms with Gasteiger partial charge in [0.25, 0.3) is 0 Å². The molecule has 1 heterocycles. The van der Waals surface area contributed by atoms with E-state index in [0.717, 1.165) is 10.9 Å². The van der Waals surface area contributed by atoms with Crippen LogP contribution in [-0.2, 0) is 41.6 Å². The standard InChI is InChI=1S/C29H34N6O9/c30-19(11-15-5-7-17(36)8-6-15)26(40)34-22(12-16-14-32-20-4-2-1-3-18(16)20)28(42)33-21(9-10-24(31)37)27(41)35-23(29(43)44)13-25(38)39/h1-8,14,19,21-23,32,36H,9-13,30H2,(H2,31,37)(H,33,42)(H,34,40)(H,35,41)(H,38,39)(H,43,44). The maximum absolute atomic E-state index is 13.6. The molecule has 11 N–H and O–H groups in total. The van der Waals surface area contributed by atoms with Gasteiger partial charge in [0.2, 0.25) is 23.6 Å². The predicted octanol–water partition coefficient (Wildman–Crippen LogP) is -0.735. The van der Waals surface area contributed by atoms with Crippen LogP contribution in [0.1, 0.15) is 30.4 Å². The van der Waals surface area contributed by atoms with Crippen molar-refractivity contribution in [2.24, 2.45) is 11.5 Å². The number of amides is 4. The van der Waals surface area contributed by atoms with Crippen molar-refractivity contribution in [1.82, 2.24) is 20.9 Å². The molecule has 2 aromatic carbocycles. The monoisotopic (exact) mass is 610 g/mol. The minimum Gasteiger partial charge on any atom is -0.508 e. The Balaban J connectivity index is 1.85. The molecule has 0 spiro atoms. The van der Waals surface area contributed by atoms with E-state index in [2.05, 4.69) is 20.9 Å². The summed E-state index contributed by atoms with van der Waals surface area (Å²) in [7, 11) is 0. The lowest BCUT2D eigenvalue weighted by molar-refractivity contribution is -0.147. The van der Waals surface area contributed by atoms with E-state index in [-0.39, 0.29) is 31.4 Å². The SMILES string of the molecule is NC(=O)CCC(NC(=O)C(Cc1c[nH]c2ccccc12)NC(=O)C(N)Cc1ccc(O)cc1)C(=O)NC(CC(=O)O)C(=O)O. The largest absolute Gasteiger partial charge is 0.508 e. The number of rotatable bonds is 16. The summed E-state index contributed by atoms with van der Waals surface area (Å²) in [6.45, 7) is 0. The maximum Gasteiger partial charge on any atom is 0.326 e. The van der Waals surface area contributed by atoms with Gasteiger partial charge in [0.1, 0.15) is 23.9 Å². The fourth-order valence-corrected chi connectivity index (χ4v) is 4.46. The molecule has 0 radical (unpaired) electrons. The second-order valence-electron chi connectivity index (χ2n) is 10.2. The van der Waals surface area contributed by atoms with E-state index >= 15 is 0 Å². The molecule has 0 fully saturated rings. The number of carbonyl (C=O) groups is 6. The lowest BCUT2D eigenvalue weighted by Gasteiger charge is -2.25. The number of phenolic OH excluding ortho intramolecular Hbond substituents is 1. The van der Waals surface area contributed by atoms with Crippen molar-refractivity contribution >= 4 is 46.5 Å². The van der Waals surface area contributed by atoms with E-state index in [4.69, 9.17) is 16.6 Å². The third kappa shape index (κ3) is 9.55. The number of carboxylic acid groups (broad SMARTS) is 2. The lowest BCUT2D eigenvalue weighted by atomic mass is 10.0. The van der Waals surface area contributed by atoms with Crippen LogP contribution in [0.2, 0.25) is 0 Å². The van der Waals surface area contributed by atoms with E-state index in [1.807, 2.05) is 18.2 Å². The first kappa shape index (κ1) is 33.1. The molecule has 3 rings (SSSR count). The summed E-state index contributed by atoms with van der Waals surface area (Å²) in [6.07, 6.45) is 0.0576. The van der Waals surface area contributed by atoms with Crippen molar-refractivity contribution in [3.05, 3.63) is 65.9 Å². The van der Waals surface area contributed by atoms with Crippen LogP contribution in [-0.4, -0.2) is 80.0 Å². The average molecular weight is 611 g/mol. The third-order valence-corrected chi connectivity index (χ3v) is 6.77. The van der Waals surface area contributed by atoms with Crippen LogP contribution in [0.3, 0.4) is 0 Å². The maximum atomic E-state index is 13.6. The van der Waals surface area contributed by atoms with Gasteiger partial charge in [-0.05, 0) is 42.2 Å². The smallest absolute Gasteiger partial charge is 0.326 e. The Hall–Kier alpha value is -5.44. The molecular weight excluding hydrogens is 576 g/mol. The number of hydrogen-bond donors (Lipinski definition) is 9. The topological polar surface area (TPSA) is 267 Å². The minimum absolute atomic E-state index is 0.0369. The van der Waals surface area contributed by atoms with Gasteiger partial charge in [0.15, 0.2) is 0 Å². The fourth-order valence-electron chi connectivity index (χ4n) is 4.46. The van der Waals surface area contributed by atoms with Crippen LogP contribution < -0.4 is 27.4 Å². The van der Waals surface area contributed by atoms with E-state index < -0.39 is 66.2 Å². The van der Waals surface area contributed by atoms with Gasteiger partial charge in [-0.3, -0.25) is 24.0 Å². The summed E-state index contributed by atoms with van der Waals surface area (Å²) in [5, 5.41) is 35.7. The molecule has 0 saturated carbocycles. The summed E-state index contributed by atoms with van der Waals surface area (Å²) in [4.78, 5) is 76.8. The number of para-hydroxylation sites is 1. The quantitative estimate of drug-likeness (QED) is 0.0980. The predicted molar refractivity (Wildman–Crippen MR) is 156 cm³/mol. The van der Waals surface area contributed by atoms with Gasteiger partial charge in [0.05, 0.1) is 12.5 Å². The van der Waals surface area contributed by atoms with Gasteiger partial charge in [-0.2, -0.15) is 0 Å². The molecule has 4 unspecified atom stereocenters. The number of carbonyl (C=O) groups excluding carboxylic acids is 4. The number of aromatic nitrogens is 1. The van der Waals surface area contributed by atoms with Crippen LogP contribution >= 0.6 is 0 Å². The zero-order valence-corrected chi connectivity index (χ0v) is 23.5. The number of carboxylic acids is 2. The van der Waals surface area contributed by atoms with Gasteiger partial charge in [-0.25, -0.2) is 4.79 Å². The van der Waals surface area contributed by atoms with E-state index in [1.165, 1.54) is 12.1 Å².